The van der Waals surface area contributed by atoms with Crippen LogP contribution in [0.25, 0.3) is 22.3 Å². The van der Waals surface area contributed by atoms with Crippen LogP contribution >= 0.6 is 22.6 Å². The van der Waals surface area contributed by atoms with Crippen LogP contribution in [0.15, 0.2) is 42.6 Å². The Morgan fingerprint density at radius 2 is 1.88 bits per heavy atom. The summed E-state index contributed by atoms with van der Waals surface area (Å²) in [6.07, 6.45) is 1.94. The van der Waals surface area contributed by atoms with Gasteiger partial charge in [-0.25, -0.2) is 0 Å². The van der Waals surface area contributed by atoms with E-state index in [1.807, 2.05) is 36.5 Å². The van der Waals surface area contributed by atoms with Gasteiger partial charge in [0.2, 0.25) is 0 Å². The number of fused-ring (bicyclic) bond motifs is 1. The molecule has 4 heteroatoms. The van der Waals surface area contributed by atoms with E-state index in [1.165, 1.54) is 3.57 Å². The summed E-state index contributed by atoms with van der Waals surface area (Å²) in [5, 5.41) is 9.49. The Labute approximate surface area is 106 Å². The molecule has 3 rings (SSSR count). The van der Waals surface area contributed by atoms with Gasteiger partial charge >= 0.3 is 0 Å². The van der Waals surface area contributed by atoms with Crippen LogP contribution in [0, 0.1) is 3.57 Å². The zero-order valence-corrected chi connectivity index (χ0v) is 10.5. The molecule has 1 N–H and O–H groups in total. The van der Waals surface area contributed by atoms with Crippen LogP contribution in [0.4, 0.5) is 0 Å². The fraction of sp³-hybridized carbons (Fsp3) is 0. The summed E-state index contributed by atoms with van der Waals surface area (Å²) in [5.41, 5.74) is 2.84. The van der Waals surface area contributed by atoms with E-state index in [9.17, 15) is 0 Å². The molecule has 1 aromatic carbocycles. The van der Waals surface area contributed by atoms with E-state index in [2.05, 4.69) is 43.8 Å². The van der Waals surface area contributed by atoms with Gasteiger partial charge in [0.25, 0.3) is 0 Å². The van der Waals surface area contributed by atoms with Crippen molar-refractivity contribution in [1.82, 2.24) is 15.2 Å². The highest BCUT2D eigenvalue weighted by molar-refractivity contribution is 14.1. The van der Waals surface area contributed by atoms with Crippen LogP contribution in [-0.4, -0.2) is 15.2 Å². The van der Waals surface area contributed by atoms with E-state index >= 15 is 0 Å². The molecule has 0 aliphatic heterocycles. The Morgan fingerprint density at radius 3 is 2.69 bits per heavy atom. The normalized spacial score (nSPS) is 10.8. The van der Waals surface area contributed by atoms with Crippen LogP contribution in [0.3, 0.4) is 0 Å². The average Bonchev–Trinajstić information content (AvgIpc) is 2.72. The maximum absolute atomic E-state index is 4.21. The first-order valence-corrected chi connectivity index (χ1v) is 5.98. The molecule has 16 heavy (non-hydrogen) atoms. The smallest absolute Gasteiger partial charge is 0.161 e. The van der Waals surface area contributed by atoms with Gasteiger partial charge in [-0.2, -0.15) is 0 Å². The Balaban J connectivity index is 2.22. The van der Waals surface area contributed by atoms with Crippen molar-refractivity contribution in [2.45, 2.75) is 0 Å². The molecule has 0 fully saturated rings. The largest absolute Gasteiger partial charge is 0.344 e. The van der Waals surface area contributed by atoms with Gasteiger partial charge < -0.3 is 4.98 Å². The van der Waals surface area contributed by atoms with Crippen molar-refractivity contribution in [2.24, 2.45) is 0 Å². The van der Waals surface area contributed by atoms with Crippen molar-refractivity contribution in [3.63, 3.8) is 0 Å². The third-order valence-corrected chi connectivity index (χ3v) is 3.35. The van der Waals surface area contributed by atoms with E-state index in [0.717, 1.165) is 22.3 Å². The molecule has 2 heterocycles. The Morgan fingerprint density at radius 1 is 1.06 bits per heavy atom. The van der Waals surface area contributed by atoms with Crippen LogP contribution in [0.2, 0.25) is 0 Å². The topological polar surface area (TPSA) is 41.6 Å². The van der Waals surface area contributed by atoms with Crippen molar-refractivity contribution >= 4 is 33.6 Å². The van der Waals surface area contributed by atoms with Gasteiger partial charge in [0.05, 0.1) is 5.69 Å². The monoisotopic (exact) mass is 321 g/mol. The molecule has 0 saturated carbocycles. The molecule has 0 amide bonds. The molecular weight excluding hydrogens is 313 g/mol. The second kappa shape index (κ2) is 3.86. The lowest BCUT2D eigenvalue weighted by Crippen LogP contribution is -1.88. The van der Waals surface area contributed by atoms with Gasteiger partial charge in [0.15, 0.2) is 5.65 Å². The molecule has 0 spiro atoms. The predicted octanol–water partition coefficient (Wildman–Crippen LogP) is 3.23. The maximum Gasteiger partial charge on any atom is 0.161 e. The van der Waals surface area contributed by atoms with E-state index in [4.69, 9.17) is 0 Å². The van der Waals surface area contributed by atoms with Crippen LogP contribution < -0.4 is 0 Å². The number of hydrogen-bond donors (Lipinski definition) is 1. The second-order valence-electron chi connectivity index (χ2n) is 3.49. The number of aromatic nitrogens is 3. The van der Waals surface area contributed by atoms with Gasteiger partial charge in [-0.3, -0.25) is 0 Å². The summed E-state index contributed by atoms with van der Waals surface area (Å²) in [6, 6.07) is 12.1. The molecule has 0 aliphatic carbocycles. The standard InChI is InChI=1S/C12H8IN3/c13-10-7-14-12-9(10)6-11(15-16-12)8-4-2-1-3-5-8/h1-7H,(H,14,16). The molecule has 78 valence electrons. The number of aromatic amines is 1. The third kappa shape index (κ3) is 1.59. The minimum atomic E-state index is 0.837. The zero-order chi connectivity index (χ0) is 11.0. The van der Waals surface area contributed by atoms with Crippen LogP contribution in [-0.2, 0) is 0 Å². The number of H-pyrrole nitrogens is 1. The van der Waals surface area contributed by atoms with Crippen LogP contribution in [0.5, 0.6) is 0 Å². The first kappa shape index (κ1) is 9.77. The molecule has 0 aliphatic rings. The number of halogens is 1. The quantitative estimate of drug-likeness (QED) is 0.699. The van der Waals surface area contributed by atoms with Crippen molar-refractivity contribution in [1.29, 1.82) is 0 Å². The molecule has 0 saturated heterocycles. The van der Waals surface area contributed by atoms with Crippen LogP contribution in [0.1, 0.15) is 0 Å². The summed E-state index contributed by atoms with van der Waals surface area (Å²) >= 11 is 2.29. The first-order valence-electron chi connectivity index (χ1n) is 4.90. The molecule has 0 radical (unpaired) electrons. The fourth-order valence-electron chi connectivity index (χ4n) is 1.64. The lowest BCUT2D eigenvalue weighted by atomic mass is 10.1. The molecule has 3 aromatic rings. The predicted molar refractivity (Wildman–Crippen MR) is 72.0 cm³/mol. The minimum absolute atomic E-state index is 0.837. The van der Waals surface area contributed by atoms with Gasteiger partial charge in [-0.05, 0) is 28.7 Å². The van der Waals surface area contributed by atoms with Gasteiger partial charge in [-0.1, -0.05) is 30.3 Å². The Bertz CT molecular complexity index is 631. The summed E-state index contributed by atoms with van der Waals surface area (Å²) in [7, 11) is 0. The van der Waals surface area contributed by atoms with E-state index < -0.39 is 0 Å². The lowest BCUT2D eigenvalue weighted by molar-refractivity contribution is 1.06. The van der Waals surface area contributed by atoms with Crippen molar-refractivity contribution < 1.29 is 0 Å². The summed E-state index contributed by atoms with van der Waals surface area (Å²) in [4.78, 5) is 3.09. The minimum Gasteiger partial charge on any atom is -0.344 e. The van der Waals surface area contributed by atoms with E-state index in [1.54, 1.807) is 0 Å². The molecule has 0 unspecified atom stereocenters. The molecule has 2 aromatic heterocycles. The molecule has 0 atom stereocenters. The lowest BCUT2D eigenvalue weighted by Gasteiger charge is -1.99. The second-order valence-corrected chi connectivity index (χ2v) is 4.66. The molecular formula is C12H8IN3. The average molecular weight is 321 g/mol. The first-order chi connectivity index (χ1) is 7.84. The van der Waals surface area contributed by atoms with E-state index in [-0.39, 0.29) is 0 Å². The summed E-state index contributed by atoms with van der Waals surface area (Å²) < 4.78 is 1.17. The highest BCUT2D eigenvalue weighted by Crippen LogP contribution is 2.23. The number of nitrogens with one attached hydrogen (secondary N) is 1. The summed E-state index contributed by atoms with van der Waals surface area (Å²) in [6.45, 7) is 0. The number of rotatable bonds is 1. The summed E-state index contributed by atoms with van der Waals surface area (Å²) in [5.74, 6) is 0. The SMILES string of the molecule is Ic1c[nH]c2nnc(-c3ccccc3)cc12. The third-order valence-electron chi connectivity index (χ3n) is 2.46. The van der Waals surface area contributed by atoms with Gasteiger partial charge in [0, 0.05) is 20.7 Å². The Hall–Kier alpha value is -1.43. The zero-order valence-electron chi connectivity index (χ0n) is 8.31. The number of hydrogen-bond acceptors (Lipinski definition) is 2. The highest BCUT2D eigenvalue weighted by atomic mass is 127. The Kier molecular flexibility index (Phi) is 2.36. The van der Waals surface area contributed by atoms with Gasteiger partial charge in [-0.15, -0.1) is 10.2 Å². The van der Waals surface area contributed by atoms with Crippen molar-refractivity contribution in [3.8, 4) is 11.3 Å². The maximum atomic E-state index is 4.21. The molecule has 3 nitrogen and oxygen atoms in total. The van der Waals surface area contributed by atoms with Crippen molar-refractivity contribution in [3.05, 3.63) is 46.2 Å². The van der Waals surface area contributed by atoms with Crippen molar-refractivity contribution in [2.75, 3.05) is 0 Å². The number of nitrogens with zero attached hydrogens (tertiary/aromatic N) is 2. The number of benzene rings is 1. The van der Waals surface area contributed by atoms with Gasteiger partial charge in [0.1, 0.15) is 0 Å². The fourth-order valence-corrected chi connectivity index (χ4v) is 2.21. The molecule has 0 bridgehead atoms. The van der Waals surface area contributed by atoms with E-state index in [0.29, 0.717) is 0 Å². The highest BCUT2D eigenvalue weighted by Gasteiger charge is 2.05.